The number of benzene rings is 1. The molecule has 0 spiro atoms. The van der Waals surface area contributed by atoms with Gasteiger partial charge in [0.15, 0.2) is 11.6 Å². The first-order valence-corrected chi connectivity index (χ1v) is 7.56. The zero-order valence-electron chi connectivity index (χ0n) is 12.8. The molecule has 3 unspecified atom stereocenters. The van der Waals surface area contributed by atoms with Crippen LogP contribution < -0.4 is 0 Å². The average Bonchev–Trinajstić information content (AvgIpc) is 2.95. The van der Waals surface area contributed by atoms with E-state index in [-0.39, 0.29) is 6.10 Å². The molecule has 0 radical (unpaired) electrons. The maximum Gasteiger partial charge on any atom is 0.159 e. The number of ether oxygens (including phenoxy) is 1. The van der Waals surface area contributed by atoms with Gasteiger partial charge in [-0.25, -0.2) is 8.78 Å². The van der Waals surface area contributed by atoms with Gasteiger partial charge in [-0.05, 0) is 32.0 Å². The summed E-state index contributed by atoms with van der Waals surface area (Å²) in [6.07, 6.45) is 0.535. The lowest BCUT2D eigenvalue weighted by Gasteiger charge is -2.39. The Hall–Kier alpha value is -1.53. The molecule has 1 aromatic carbocycles. The van der Waals surface area contributed by atoms with Gasteiger partial charge in [-0.3, -0.25) is 4.90 Å². The van der Waals surface area contributed by atoms with Crippen LogP contribution in [0.25, 0.3) is 0 Å². The van der Waals surface area contributed by atoms with Crippen LogP contribution in [0.15, 0.2) is 23.4 Å². The van der Waals surface area contributed by atoms with Crippen LogP contribution in [0.2, 0.25) is 0 Å². The summed E-state index contributed by atoms with van der Waals surface area (Å²) in [5.74, 6) is -1.71. The quantitative estimate of drug-likeness (QED) is 0.860. The molecular formula is C16H20F2N2O2. The number of nitrogens with zero attached hydrogens (tertiary/aromatic N) is 2. The molecule has 0 aromatic heterocycles. The first kappa shape index (κ1) is 15.4. The Morgan fingerprint density at radius 2 is 1.91 bits per heavy atom. The summed E-state index contributed by atoms with van der Waals surface area (Å²) in [6.45, 7) is 6.44. The summed E-state index contributed by atoms with van der Waals surface area (Å²) < 4.78 is 31.8. The van der Waals surface area contributed by atoms with Gasteiger partial charge >= 0.3 is 0 Å². The molecule has 2 aliphatic rings. The molecule has 4 nitrogen and oxygen atoms in total. The SMILES string of the molecule is CC1COCC(C)N1CC1CC(c2ccc(F)c(F)c2)=NO1. The smallest absolute Gasteiger partial charge is 0.159 e. The highest BCUT2D eigenvalue weighted by molar-refractivity contribution is 6.01. The lowest BCUT2D eigenvalue weighted by atomic mass is 10.0. The topological polar surface area (TPSA) is 34.1 Å². The van der Waals surface area contributed by atoms with Crippen molar-refractivity contribution in [2.45, 2.75) is 38.5 Å². The highest BCUT2D eigenvalue weighted by Crippen LogP contribution is 2.22. The summed E-state index contributed by atoms with van der Waals surface area (Å²) in [7, 11) is 0. The van der Waals surface area contributed by atoms with Crippen LogP contribution in [0.5, 0.6) is 0 Å². The molecule has 0 N–H and O–H groups in total. The number of halogens is 2. The third-order valence-electron chi connectivity index (χ3n) is 4.25. The second kappa shape index (κ2) is 6.30. The van der Waals surface area contributed by atoms with Gasteiger partial charge in [0, 0.05) is 30.6 Å². The highest BCUT2D eigenvalue weighted by atomic mass is 19.2. The van der Waals surface area contributed by atoms with Crippen LogP contribution >= 0.6 is 0 Å². The molecule has 3 atom stereocenters. The zero-order valence-corrected chi connectivity index (χ0v) is 12.8. The third-order valence-corrected chi connectivity index (χ3v) is 4.25. The number of hydrogen-bond donors (Lipinski definition) is 0. The van der Waals surface area contributed by atoms with E-state index >= 15 is 0 Å². The van der Waals surface area contributed by atoms with Crippen LogP contribution in [0.4, 0.5) is 8.78 Å². The maximum absolute atomic E-state index is 13.3. The van der Waals surface area contributed by atoms with Crippen molar-refractivity contribution in [3.8, 4) is 0 Å². The molecule has 1 aromatic rings. The monoisotopic (exact) mass is 310 g/mol. The van der Waals surface area contributed by atoms with Crippen molar-refractivity contribution in [1.29, 1.82) is 0 Å². The van der Waals surface area contributed by atoms with Crippen molar-refractivity contribution >= 4 is 5.71 Å². The van der Waals surface area contributed by atoms with Gasteiger partial charge in [0.1, 0.15) is 6.10 Å². The number of hydrogen-bond acceptors (Lipinski definition) is 4. The Kier molecular flexibility index (Phi) is 4.40. The normalized spacial score (nSPS) is 29.3. The minimum Gasteiger partial charge on any atom is -0.390 e. The van der Waals surface area contributed by atoms with Crippen LogP contribution in [0.1, 0.15) is 25.8 Å². The Labute approximate surface area is 128 Å². The van der Waals surface area contributed by atoms with Crippen LogP contribution in [-0.2, 0) is 9.57 Å². The van der Waals surface area contributed by atoms with E-state index in [0.717, 1.165) is 12.6 Å². The Morgan fingerprint density at radius 3 is 2.59 bits per heavy atom. The zero-order chi connectivity index (χ0) is 15.7. The molecule has 2 heterocycles. The second-order valence-electron chi connectivity index (χ2n) is 6.03. The van der Waals surface area contributed by atoms with Gasteiger partial charge in [0.2, 0.25) is 0 Å². The van der Waals surface area contributed by atoms with E-state index < -0.39 is 11.6 Å². The van der Waals surface area contributed by atoms with Crippen LogP contribution in [0.3, 0.4) is 0 Å². The molecule has 0 amide bonds. The average molecular weight is 310 g/mol. The van der Waals surface area contributed by atoms with Crippen LogP contribution in [-0.4, -0.2) is 48.6 Å². The standard InChI is InChI=1S/C16H20F2N2O2/c1-10-8-21-9-11(2)20(10)7-13-6-16(19-22-13)12-3-4-14(17)15(18)5-12/h3-5,10-11,13H,6-9H2,1-2H3. The summed E-state index contributed by atoms with van der Waals surface area (Å²) in [5.41, 5.74) is 1.24. The third kappa shape index (κ3) is 3.13. The van der Waals surface area contributed by atoms with E-state index in [0.29, 0.717) is 43.0 Å². The van der Waals surface area contributed by atoms with Gasteiger partial charge in [0.25, 0.3) is 0 Å². The van der Waals surface area contributed by atoms with Gasteiger partial charge in [0.05, 0.1) is 18.9 Å². The van der Waals surface area contributed by atoms with Crippen molar-refractivity contribution < 1.29 is 18.4 Å². The molecule has 0 bridgehead atoms. The minimum atomic E-state index is -0.862. The van der Waals surface area contributed by atoms with Gasteiger partial charge in [-0.15, -0.1) is 0 Å². The highest BCUT2D eigenvalue weighted by Gasteiger charge is 2.31. The van der Waals surface area contributed by atoms with E-state index in [2.05, 4.69) is 23.9 Å². The molecule has 22 heavy (non-hydrogen) atoms. The van der Waals surface area contributed by atoms with E-state index in [1.165, 1.54) is 12.1 Å². The molecule has 3 rings (SSSR count). The molecule has 1 saturated heterocycles. The predicted octanol–water partition coefficient (Wildman–Crippen LogP) is 2.57. The first-order valence-electron chi connectivity index (χ1n) is 7.56. The van der Waals surface area contributed by atoms with E-state index in [4.69, 9.17) is 9.57 Å². The molecule has 6 heteroatoms. The minimum absolute atomic E-state index is 0.0638. The van der Waals surface area contributed by atoms with E-state index in [1.807, 2.05) is 0 Å². The molecule has 0 saturated carbocycles. The fraction of sp³-hybridized carbons (Fsp3) is 0.562. The van der Waals surface area contributed by atoms with Crippen LogP contribution in [0, 0.1) is 11.6 Å². The summed E-state index contributed by atoms with van der Waals surface area (Å²) in [6, 6.07) is 4.48. The number of oxime groups is 1. The fourth-order valence-corrected chi connectivity index (χ4v) is 3.00. The van der Waals surface area contributed by atoms with Crippen molar-refractivity contribution in [2.24, 2.45) is 5.16 Å². The Morgan fingerprint density at radius 1 is 1.18 bits per heavy atom. The Bertz CT molecular complexity index is 569. The van der Waals surface area contributed by atoms with Crippen molar-refractivity contribution in [1.82, 2.24) is 4.90 Å². The molecule has 120 valence electrons. The first-order chi connectivity index (χ1) is 10.5. The maximum atomic E-state index is 13.3. The fourth-order valence-electron chi connectivity index (χ4n) is 3.00. The van der Waals surface area contributed by atoms with Gasteiger partial charge < -0.3 is 9.57 Å². The van der Waals surface area contributed by atoms with Crippen molar-refractivity contribution in [2.75, 3.05) is 19.8 Å². The van der Waals surface area contributed by atoms with Gasteiger partial charge in [-0.2, -0.15) is 0 Å². The van der Waals surface area contributed by atoms with E-state index in [9.17, 15) is 8.78 Å². The summed E-state index contributed by atoms with van der Waals surface area (Å²) >= 11 is 0. The lowest BCUT2D eigenvalue weighted by Crippen LogP contribution is -2.52. The summed E-state index contributed by atoms with van der Waals surface area (Å²) in [4.78, 5) is 7.82. The largest absolute Gasteiger partial charge is 0.390 e. The number of rotatable bonds is 3. The molecule has 0 aliphatic carbocycles. The predicted molar refractivity (Wildman–Crippen MR) is 78.8 cm³/mol. The van der Waals surface area contributed by atoms with Crippen molar-refractivity contribution in [3.63, 3.8) is 0 Å². The van der Waals surface area contributed by atoms with E-state index in [1.54, 1.807) is 0 Å². The lowest BCUT2D eigenvalue weighted by molar-refractivity contribution is -0.0597. The molecule has 2 aliphatic heterocycles. The second-order valence-corrected chi connectivity index (χ2v) is 6.03. The molecular weight excluding hydrogens is 290 g/mol. The number of morpholine rings is 1. The van der Waals surface area contributed by atoms with Crippen molar-refractivity contribution in [3.05, 3.63) is 35.4 Å². The molecule has 1 fully saturated rings. The summed E-state index contributed by atoms with van der Waals surface area (Å²) in [5, 5.41) is 4.04. The Balaban J connectivity index is 1.62. The van der Waals surface area contributed by atoms with Gasteiger partial charge in [-0.1, -0.05) is 5.16 Å².